The van der Waals surface area contributed by atoms with Crippen LogP contribution in [0, 0.1) is 5.82 Å². The third kappa shape index (κ3) is 3.60. The Morgan fingerprint density at radius 1 is 1.15 bits per heavy atom. The molecule has 3 aromatic rings. The van der Waals surface area contributed by atoms with E-state index in [9.17, 15) is 17.6 Å². The van der Waals surface area contributed by atoms with E-state index in [1.165, 1.54) is 12.1 Å². The molecule has 0 unspecified atom stereocenters. The number of anilines is 1. The molecule has 0 saturated heterocycles. The van der Waals surface area contributed by atoms with Crippen LogP contribution < -0.4 is 10.5 Å². The first kappa shape index (κ1) is 18.1. The first-order chi connectivity index (χ1) is 12.3. The van der Waals surface area contributed by atoms with Gasteiger partial charge in [-0.2, -0.15) is 8.42 Å². The summed E-state index contributed by atoms with van der Waals surface area (Å²) in [6, 6.07) is 11.7. The normalized spacial score (nSPS) is 11.3. The molecule has 0 aliphatic carbocycles. The molecule has 26 heavy (non-hydrogen) atoms. The van der Waals surface area contributed by atoms with Crippen LogP contribution >= 0.6 is 15.9 Å². The maximum atomic E-state index is 13.0. The molecule has 3 rings (SSSR count). The number of nitrogens with zero attached hydrogens (tertiary/aromatic N) is 2. The second kappa shape index (κ2) is 6.89. The SMILES string of the molecule is Nc1cc(OC(=O)c2cccc(Br)c2)nn1S(=O)(=O)c1ccc(F)cc1. The highest BCUT2D eigenvalue weighted by atomic mass is 79.9. The first-order valence-electron chi connectivity index (χ1n) is 7.12. The van der Waals surface area contributed by atoms with E-state index < -0.39 is 21.8 Å². The molecular formula is C16H11BrFN3O4S. The molecule has 2 N–H and O–H groups in total. The lowest BCUT2D eigenvalue weighted by Crippen LogP contribution is -2.17. The Hall–Kier alpha value is -2.72. The summed E-state index contributed by atoms with van der Waals surface area (Å²) in [5.41, 5.74) is 5.93. The van der Waals surface area contributed by atoms with Gasteiger partial charge in [0.1, 0.15) is 11.6 Å². The van der Waals surface area contributed by atoms with Crippen molar-refractivity contribution in [3.8, 4) is 5.88 Å². The van der Waals surface area contributed by atoms with Gasteiger partial charge in [-0.3, -0.25) is 0 Å². The summed E-state index contributed by atoms with van der Waals surface area (Å²) in [4.78, 5) is 11.9. The fourth-order valence-electron chi connectivity index (χ4n) is 2.08. The highest BCUT2D eigenvalue weighted by Gasteiger charge is 2.23. The van der Waals surface area contributed by atoms with Gasteiger partial charge in [-0.25, -0.2) is 9.18 Å². The minimum atomic E-state index is -4.16. The fourth-order valence-corrected chi connectivity index (χ4v) is 3.67. The van der Waals surface area contributed by atoms with Crippen LogP contribution in [0.15, 0.2) is 64.0 Å². The number of carbonyl (C=O) groups is 1. The molecule has 0 fully saturated rings. The number of benzene rings is 2. The lowest BCUT2D eigenvalue weighted by atomic mass is 10.2. The molecule has 0 aliphatic heterocycles. The van der Waals surface area contributed by atoms with Gasteiger partial charge in [0.05, 0.1) is 10.5 Å². The predicted octanol–water partition coefficient (Wildman–Crippen LogP) is 2.82. The third-order valence-corrected chi connectivity index (χ3v) is 5.39. The smallest absolute Gasteiger partial charge is 0.344 e. The van der Waals surface area contributed by atoms with Gasteiger partial charge < -0.3 is 10.5 Å². The lowest BCUT2D eigenvalue weighted by molar-refractivity contribution is 0.0727. The zero-order chi connectivity index (χ0) is 18.9. The van der Waals surface area contributed by atoms with E-state index in [-0.39, 0.29) is 22.2 Å². The van der Waals surface area contributed by atoms with Crippen molar-refractivity contribution in [1.29, 1.82) is 0 Å². The monoisotopic (exact) mass is 439 g/mol. The lowest BCUT2D eigenvalue weighted by Gasteiger charge is -2.05. The molecule has 0 aliphatic rings. The summed E-state index contributed by atoms with van der Waals surface area (Å²) in [6.07, 6.45) is 0. The predicted molar refractivity (Wildman–Crippen MR) is 94.7 cm³/mol. The summed E-state index contributed by atoms with van der Waals surface area (Å²) in [6.45, 7) is 0. The molecule has 2 aromatic carbocycles. The Bertz CT molecular complexity index is 1080. The van der Waals surface area contributed by atoms with Crippen LogP contribution in [0.5, 0.6) is 5.88 Å². The van der Waals surface area contributed by atoms with Crippen LogP contribution in [0.1, 0.15) is 10.4 Å². The summed E-state index contributed by atoms with van der Waals surface area (Å²) >= 11 is 3.24. The largest absolute Gasteiger partial charge is 0.402 e. The molecule has 10 heteroatoms. The Kier molecular flexibility index (Phi) is 4.79. The number of ether oxygens (including phenoxy) is 1. The van der Waals surface area contributed by atoms with E-state index in [1.54, 1.807) is 12.1 Å². The summed E-state index contributed by atoms with van der Waals surface area (Å²) < 4.78 is 44.3. The van der Waals surface area contributed by atoms with Crippen molar-refractivity contribution in [2.75, 3.05) is 5.73 Å². The molecule has 0 amide bonds. The van der Waals surface area contributed by atoms with Crippen molar-refractivity contribution < 1.29 is 22.3 Å². The quantitative estimate of drug-likeness (QED) is 0.626. The Morgan fingerprint density at radius 3 is 2.50 bits per heavy atom. The molecule has 134 valence electrons. The number of aromatic nitrogens is 2. The average molecular weight is 440 g/mol. The van der Waals surface area contributed by atoms with Crippen LogP contribution in [0.4, 0.5) is 10.2 Å². The van der Waals surface area contributed by atoms with Gasteiger partial charge in [-0.1, -0.05) is 22.0 Å². The number of hydrogen-bond acceptors (Lipinski definition) is 6. The average Bonchev–Trinajstić information content (AvgIpc) is 2.96. The molecule has 0 bridgehead atoms. The number of hydrogen-bond donors (Lipinski definition) is 1. The third-order valence-electron chi connectivity index (χ3n) is 3.28. The van der Waals surface area contributed by atoms with Crippen molar-refractivity contribution >= 4 is 37.7 Å². The van der Waals surface area contributed by atoms with E-state index in [2.05, 4.69) is 21.0 Å². The molecule has 0 spiro atoms. The number of nitrogens with two attached hydrogens (primary N) is 1. The zero-order valence-corrected chi connectivity index (χ0v) is 15.4. The number of rotatable bonds is 4. The van der Waals surface area contributed by atoms with Gasteiger partial charge in [-0.15, -0.1) is 9.19 Å². The van der Waals surface area contributed by atoms with Crippen LogP contribution in [0.25, 0.3) is 0 Å². The van der Waals surface area contributed by atoms with E-state index >= 15 is 0 Å². The summed E-state index contributed by atoms with van der Waals surface area (Å²) in [5, 5.41) is 3.72. The van der Waals surface area contributed by atoms with Crippen LogP contribution in [0.3, 0.4) is 0 Å². The van der Waals surface area contributed by atoms with E-state index in [0.29, 0.717) is 8.56 Å². The second-order valence-corrected chi connectivity index (χ2v) is 7.79. The van der Waals surface area contributed by atoms with Crippen molar-refractivity contribution in [2.45, 2.75) is 4.90 Å². The van der Waals surface area contributed by atoms with E-state index in [1.807, 2.05) is 0 Å². The standard InChI is InChI=1S/C16H11BrFN3O4S/c17-11-3-1-2-10(8-11)16(22)25-15-9-14(19)21(20-15)26(23,24)13-6-4-12(18)5-7-13/h1-9H,19H2. The van der Waals surface area contributed by atoms with Crippen molar-refractivity contribution in [2.24, 2.45) is 0 Å². The molecule has 7 nitrogen and oxygen atoms in total. The van der Waals surface area contributed by atoms with Crippen LogP contribution in [-0.2, 0) is 10.0 Å². The van der Waals surface area contributed by atoms with Gasteiger partial charge in [0.25, 0.3) is 10.0 Å². The molecule has 1 aromatic heterocycles. The Labute approximate surface area is 156 Å². The van der Waals surface area contributed by atoms with E-state index in [4.69, 9.17) is 10.5 Å². The number of carbonyl (C=O) groups excluding carboxylic acids is 1. The molecule has 0 atom stereocenters. The minimum absolute atomic E-state index is 0.210. The van der Waals surface area contributed by atoms with Crippen molar-refractivity contribution in [3.05, 3.63) is 70.5 Å². The van der Waals surface area contributed by atoms with Crippen LogP contribution in [0.2, 0.25) is 0 Å². The number of nitrogen functional groups attached to an aromatic ring is 1. The molecule has 0 saturated carbocycles. The van der Waals surface area contributed by atoms with Gasteiger partial charge >= 0.3 is 5.97 Å². The zero-order valence-electron chi connectivity index (χ0n) is 13.0. The Morgan fingerprint density at radius 2 is 1.85 bits per heavy atom. The highest BCUT2D eigenvalue weighted by molar-refractivity contribution is 9.10. The van der Waals surface area contributed by atoms with Gasteiger partial charge in [-0.05, 0) is 42.5 Å². The topological polar surface area (TPSA) is 104 Å². The van der Waals surface area contributed by atoms with Gasteiger partial charge in [0, 0.05) is 10.5 Å². The highest BCUT2D eigenvalue weighted by Crippen LogP contribution is 2.22. The molecule has 1 heterocycles. The summed E-state index contributed by atoms with van der Waals surface area (Å²) in [7, 11) is -4.16. The van der Waals surface area contributed by atoms with Gasteiger partial charge in [0.15, 0.2) is 0 Å². The maximum absolute atomic E-state index is 13.0. The molecular weight excluding hydrogens is 429 g/mol. The fraction of sp³-hybridized carbons (Fsp3) is 0. The van der Waals surface area contributed by atoms with Crippen molar-refractivity contribution in [1.82, 2.24) is 9.19 Å². The minimum Gasteiger partial charge on any atom is -0.402 e. The van der Waals surface area contributed by atoms with Crippen molar-refractivity contribution in [3.63, 3.8) is 0 Å². The van der Waals surface area contributed by atoms with E-state index in [0.717, 1.165) is 30.3 Å². The van der Waals surface area contributed by atoms with Crippen LogP contribution in [-0.4, -0.2) is 23.6 Å². The second-order valence-electron chi connectivity index (χ2n) is 5.11. The number of halogens is 2. The Balaban J connectivity index is 1.89. The molecule has 0 radical (unpaired) electrons. The van der Waals surface area contributed by atoms with Gasteiger partial charge in [0.2, 0.25) is 5.88 Å². The summed E-state index contributed by atoms with van der Waals surface area (Å²) in [5.74, 6) is -1.85. The number of esters is 1. The first-order valence-corrected chi connectivity index (χ1v) is 9.35. The maximum Gasteiger partial charge on any atom is 0.344 e.